The van der Waals surface area contributed by atoms with Gasteiger partial charge in [0.05, 0.1) is 17.8 Å². The zero-order valence-electron chi connectivity index (χ0n) is 19.5. The van der Waals surface area contributed by atoms with Crippen molar-refractivity contribution >= 4 is 29.7 Å². The molecule has 2 aliphatic carbocycles. The number of rotatable bonds is 9. The van der Waals surface area contributed by atoms with Crippen LogP contribution in [-0.4, -0.2) is 40.9 Å². The Morgan fingerprint density at radius 2 is 1.26 bits per heavy atom. The van der Waals surface area contributed by atoms with Crippen LogP contribution in [0.2, 0.25) is 0 Å². The predicted octanol–water partition coefficient (Wildman–Crippen LogP) is 3.64. The van der Waals surface area contributed by atoms with Crippen LogP contribution < -0.4 is 9.47 Å². The normalized spacial score (nSPS) is 24.0. The van der Waals surface area contributed by atoms with Gasteiger partial charge in [0.1, 0.15) is 24.0 Å². The quantitative estimate of drug-likeness (QED) is 0.240. The summed E-state index contributed by atoms with van der Waals surface area (Å²) in [5.41, 5.74) is 0. The van der Waals surface area contributed by atoms with E-state index in [2.05, 4.69) is 6.58 Å². The molecule has 0 aliphatic heterocycles. The average molecular weight is 487 g/mol. The zero-order valence-corrected chi connectivity index (χ0v) is 19.5. The topological polar surface area (TPSA) is 133 Å². The number of allylic oxidation sites excluding steroid dienone is 1. The molecule has 0 saturated heterocycles. The van der Waals surface area contributed by atoms with Gasteiger partial charge in [-0.25, -0.2) is 0 Å². The van der Waals surface area contributed by atoms with E-state index in [9.17, 15) is 24.0 Å². The Balaban J connectivity index is 1.39. The highest BCUT2D eigenvalue weighted by Crippen LogP contribution is 2.33. The molecule has 35 heavy (non-hydrogen) atoms. The van der Waals surface area contributed by atoms with Gasteiger partial charge in [-0.05, 0) is 81.7 Å². The highest BCUT2D eigenvalue weighted by molar-refractivity contribution is 6.02. The van der Waals surface area contributed by atoms with Crippen molar-refractivity contribution in [1.29, 1.82) is 0 Å². The van der Waals surface area contributed by atoms with Gasteiger partial charge in [-0.1, -0.05) is 6.58 Å². The van der Waals surface area contributed by atoms with Crippen LogP contribution in [0.3, 0.4) is 0 Å². The van der Waals surface area contributed by atoms with Gasteiger partial charge in [-0.3, -0.25) is 24.0 Å². The molecule has 0 amide bonds. The highest BCUT2D eigenvalue weighted by Gasteiger charge is 2.34. The molecule has 2 fully saturated rings. The number of carboxylic acid groups (broad SMARTS) is 1. The summed E-state index contributed by atoms with van der Waals surface area (Å²) < 4.78 is 16.1. The van der Waals surface area contributed by atoms with E-state index in [0.29, 0.717) is 57.1 Å². The Hall–Kier alpha value is -3.49. The van der Waals surface area contributed by atoms with Gasteiger partial charge in [-0.2, -0.15) is 0 Å². The molecule has 0 aromatic heterocycles. The number of carbonyl (C=O) groups excluding carboxylic acids is 4. The van der Waals surface area contributed by atoms with Crippen LogP contribution in [0.1, 0.15) is 57.8 Å². The van der Waals surface area contributed by atoms with E-state index in [4.69, 9.17) is 19.3 Å². The lowest BCUT2D eigenvalue weighted by Crippen LogP contribution is -2.33. The first-order chi connectivity index (χ1) is 16.7. The van der Waals surface area contributed by atoms with E-state index in [-0.39, 0.29) is 41.5 Å². The number of aliphatic carboxylic acids is 1. The lowest BCUT2D eigenvalue weighted by Gasteiger charge is -2.30. The molecule has 0 radical (unpaired) electrons. The summed E-state index contributed by atoms with van der Waals surface area (Å²) in [5.74, 6) is -3.01. The fraction of sp³-hybridized carbons (Fsp3) is 0.500. The Morgan fingerprint density at radius 1 is 0.771 bits per heavy atom. The smallest absolute Gasteiger partial charge is 0.319 e. The number of ketones is 1. The van der Waals surface area contributed by atoms with E-state index < -0.39 is 24.1 Å². The summed E-state index contributed by atoms with van der Waals surface area (Å²) in [5, 5.41) is 9.07. The molecule has 1 aromatic carbocycles. The Labute approximate surface area is 203 Å². The molecule has 3 rings (SSSR count). The summed E-state index contributed by atoms with van der Waals surface area (Å²) in [6.45, 7) is 3.30. The first kappa shape index (κ1) is 26.1. The van der Waals surface area contributed by atoms with Crippen LogP contribution in [0.15, 0.2) is 36.9 Å². The molecule has 0 unspecified atom stereocenters. The van der Waals surface area contributed by atoms with E-state index in [1.807, 2.05) is 0 Å². The van der Waals surface area contributed by atoms with Crippen molar-refractivity contribution in [3.63, 3.8) is 0 Å². The SMILES string of the molecule is C=CC(=O)CC(=O)Oc1ccc(OC(=O)C2CCC(C(=O)OC3CCC(C(=O)O)CC3)CC2)cc1. The van der Waals surface area contributed by atoms with E-state index in [0.717, 1.165) is 6.08 Å². The maximum absolute atomic E-state index is 12.5. The van der Waals surface area contributed by atoms with Crippen LogP contribution in [0.4, 0.5) is 0 Å². The lowest BCUT2D eigenvalue weighted by molar-refractivity contribution is -0.159. The van der Waals surface area contributed by atoms with Crippen molar-refractivity contribution in [2.75, 3.05) is 0 Å². The Bertz CT molecular complexity index is 950. The second-order valence-corrected chi connectivity index (χ2v) is 9.01. The van der Waals surface area contributed by atoms with E-state index >= 15 is 0 Å². The second-order valence-electron chi connectivity index (χ2n) is 9.01. The largest absolute Gasteiger partial charge is 0.481 e. The standard InChI is InChI=1S/C26H30O9/c1-2-19(27)15-23(28)33-20-11-13-22(14-12-20)35-26(32)18-5-3-17(4-6-18)25(31)34-21-9-7-16(8-10-21)24(29)30/h2,11-14,16-18,21H,1,3-10,15H2,(H,29,30). The third kappa shape index (κ3) is 7.77. The zero-order chi connectivity index (χ0) is 25.4. The summed E-state index contributed by atoms with van der Waals surface area (Å²) in [4.78, 5) is 59.0. The number of esters is 3. The van der Waals surface area contributed by atoms with Crippen molar-refractivity contribution < 1.29 is 43.3 Å². The molecule has 0 heterocycles. The van der Waals surface area contributed by atoms with Crippen molar-refractivity contribution in [3.8, 4) is 11.5 Å². The molecule has 9 nitrogen and oxygen atoms in total. The van der Waals surface area contributed by atoms with E-state index in [1.165, 1.54) is 24.3 Å². The minimum atomic E-state index is -0.795. The molecule has 0 atom stereocenters. The number of carboxylic acids is 1. The summed E-state index contributed by atoms with van der Waals surface area (Å²) in [7, 11) is 0. The number of hydrogen-bond donors (Lipinski definition) is 1. The molecule has 1 aromatic rings. The summed E-state index contributed by atoms with van der Waals surface area (Å²) in [6, 6.07) is 5.93. The first-order valence-electron chi connectivity index (χ1n) is 11.9. The van der Waals surface area contributed by atoms with Crippen molar-refractivity contribution in [2.24, 2.45) is 17.8 Å². The van der Waals surface area contributed by atoms with Gasteiger partial charge in [-0.15, -0.1) is 0 Å². The molecule has 0 bridgehead atoms. The molecule has 188 valence electrons. The predicted molar refractivity (Wildman–Crippen MR) is 122 cm³/mol. The molecule has 2 aliphatic rings. The Morgan fingerprint density at radius 3 is 1.77 bits per heavy atom. The first-order valence-corrected chi connectivity index (χ1v) is 11.9. The van der Waals surface area contributed by atoms with Gasteiger partial charge >= 0.3 is 23.9 Å². The van der Waals surface area contributed by atoms with Gasteiger partial charge in [0.2, 0.25) is 0 Å². The minimum absolute atomic E-state index is 0.224. The maximum Gasteiger partial charge on any atom is 0.319 e. The maximum atomic E-state index is 12.5. The van der Waals surface area contributed by atoms with E-state index in [1.54, 1.807) is 0 Å². The van der Waals surface area contributed by atoms with Crippen LogP contribution in [-0.2, 0) is 28.7 Å². The monoisotopic (exact) mass is 486 g/mol. The van der Waals surface area contributed by atoms with Crippen molar-refractivity contribution in [2.45, 2.75) is 63.9 Å². The minimum Gasteiger partial charge on any atom is -0.481 e. The molecule has 0 spiro atoms. The van der Waals surface area contributed by atoms with Crippen LogP contribution in [0.5, 0.6) is 11.5 Å². The Kier molecular flexibility index (Phi) is 9.17. The van der Waals surface area contributed by atoms with Gasteiger partial charge in [0.15, 0.2) is 5.78 Å². The molecular weight excluding hydrogens is 456 g/mol. The third-order valence-electron chi connectivity index (χ3n) is 6.52. The number of ether oxygens (including phenoxy) is 3. The van der Waals surface area contributed by atoms with Crippen molar-refractivity contribution in [1.82, 2.24) is 0 Å². The van der Waals surface area contributed by atoms with Crippen LogP contribution in [0.25, 0.3) is 0 Å². The van der Waals surface area contributed by atoms with Crippen LogP contribution in [0, 0.1) is 17.8 Å². The van der Waals surface area contributed by atoms with Crippen LogP contribution >= 0.6 is 0 Å². The summed E-state index contributed by atoms with van der Waals surface area (Å²) >= 11 is 0. The molecular formula is C26H30O9. The van der Waals surface area contributed by atoms with Gasteiger partial charge in [0.25, 0.3) is 0 Å². The summed E-state index contributed by atoms with van der Waals surface area (Å²) in [6.07, 6.45) is 4.67. The van der Waals surface area contributed by atoms with Gasteiger partial charge < -0.3 is 19.3 Å². The highest BCUT2D eigenvalue weighted by atomic mass is 16.5. The number of benzene rings is 1. The molecule has 9 heteroatoms. The average Bonchev–Trinajstić information content (AvgIpc) is 2.85. The van der Waals surface area contributed by atoms with Gasteiger partial charge in [0, 0.05) is 0 Å². The lowest BCUT2D eigenvalue weighted by atomic mass is 9.82. The fourth-order valence-corrected chi connectivity index (χ4v) is 4.41. The third-order valence-corrected chi connectivity index (χ3v) is 6.52. The molecule has 1 N–H and O–H groups in total. The number of hydrogen-bond acceptors (Lipinski definition) is 8. The van der Waals surface area contributed by atoms with Crippen molar-refractivity contribution in [3.05, 3.63) is 36.9 Å². The number of carbonyl (C=O) groups is 5. The second kappa shape index (κ2) is 12.3. The fourth-order valence-electron chi connectivity index (χ4n) is 4.41. The molecule has 2 saturated carbocycles.